The van der Waals surface area contributed by atoms with Crippen molar-refractivity contribution in [1.29, 1.82) is 0 Å². The number of nitrogens with one attached hydrogen (secondary N) is 1. The van der Waals surface area contributed by atoms with Gasteiger partial charge in [0.1, 0.15) is 0 Å². The maximum atomic E-state index is 12.0. The fourth-order valence-electron chi connectivity index (χ4n) is 3.49. The normalized spacial score (nSPS) is 24.1. The molecule has 0 saturated heterocycles. The fourth-order valence-corrected chi connectivity index (χ4v) is 3.49. The van der Waals surface area contributed by atoms with Crippen LogP contribution < -0.4 is 5.32 Å². The Morgan fingerprint density at radius 3 is 2.48 bits per heavy atom. The summed E-state index contributed by atoms with van der Waals surface area (Å²) in [5.74, 6) is 0.330. The molecule has 1 aromatic rings. The highest BCUT2D eigenvalue weighted by molar-refractivity contribution is 5.97. The van der Waals surface area contributed by atoms with Gasteiger partial charge in [-0.1, -0.05) is 20.8 Å². The van der Waals surface area contributed by atoms with Crippen molar-refractivity contribution in [1.82, 2.24) is 15.1 Å². The average Bonchev–Trinajstić information content (AvgIpc) is 2.97. The quantitative estimate of drug-likeness (QED) is 0.773. The molecule has 25 heavy (non-hydrogen) atoms. The van der Waals surface area contributed by atoms with E-state index in [4.69, 9.17) is 0 Å². The minimum Gasteiger partial charge on any atom is -0.388 e. The number of nitrogens with zero attached hydrogens (tertiary/aromatic N) is 2. The van der Waals surface area contributed by atoms with Crippen LogP contribution in [0.2, 0.25) is 0 Å². The lowest BCUT2D eigenvalue weighted by Crippen LogP contribution is -2.46. The van der Waals surface area contributed by atoms with E-state index in [9.17, 15) is 14.7 Å². The lowest BCUT2D eigenvalue weighted by Gasteiger charge is -2.41. The van der Waals surface area contributed by atoms with Gasteiger partial charge in [0.15, 0.2) is 5.78 Å². The van der Waals surface area contributed by atoms with Crippen molar-refractivity contribution in [3.05, 3.63) is 18.0 Å². The predicted molar refractivity (Wildman–Crippen MR) is 96.1 cm³/mol. The average molecular weight is 349 g/mol. The van der Waals surface area contributed by atoms with Gasteiger partial charge in [0.2, 0.25) is 5.91 Å². The number of ketones is 1. The summed E-state index contributed by atoms with van der Waals surface area (Å²) in [5.41, 5.74) is -0.0309. The van der Waals surface area contributed by atoms with E-state index >= 15 is 0 Å². The van der Waals surface area contributed by atoms with Gasteiger partial charge in [0.25, 0.3) is 0 Å². The van der Waals surface area contributed by atoms with Crippen LogP contribution in [0.3, 0.4) is 0 Å². The number of Topliss-reactive ketones (excluding diaryl/α,β-unsaturated/α-hetero) is 1. The van der Waals surface area contributed by atoms with Gasteiger partial charge in [0, 0.05) is 32.6 Å². The van der Waals surface area contributed by atoms with Gasteiger partial charge in [-0.15, -0.1) is 0 Å². The highest BCUT2D eigenvalue weighted by Gasteiger charge is 2.37. The minimum absolute atomic E-state index is 0.0901. The molecule has 0 aliphatic heterocycles. The number of hydrogen-bond acceptors (Lipinski definition) is 4. The maximum Gasteiger partial charge on any atom is 0.220 e. The number of rotatable bonds is 6. The second-order valence-corrected chi connectivity index (χ2v) is 8.47. The molecule has 1 aliphatic rings. The Labute approximate surface area is 150 Å². The minimum atomic E-state index is -0.815. The molecule has 2 rings (SSSR count). The molecule has 140 valence electrons. The topological polar surface area (TPSA) is 84.2 Å². The van der Waals surface area contributed by atoms with Gasteiger partial charge in [-0.05, 0) is 37.0 Å². The summed E-state index contributed by atoms with van der Waals surface area (Å²) in [6.07, 6.45) is 6.84. The first-order valence-electron chi connectivity index (χ1n) is 9.10. The summed E-state index contributed by atoms with van der Waals surface area (Å²) in [7, 11) is 1.75. The smallest absolute Gasteiger partial charge is 0.220 e. The highest BCUT2D eigenvalue weighted by Crippen LogP contribution is 2.41. The summed E-state index contributed by atoms with van der Waals surface area (Å²) in [6.45, 7) is 6.99. The number of aryl methyl sites for hydroxylation is 1. The van der Waals surface area contributed by atoms with Gasteiger partial charge < -0.3 is 10.4 Å². The first-order chi connectivity index (χ1) is 11.6. The molecule has 1 heterocycles. The van der Waals surface area contributed by atoms with Crippen molar-refractivity contribution in [2.45, 2.75) is 64.9 Å². The molecule has 0 atom stereocenters. The molecule has 1 aromatic heterocycles. The van der Waals surface area contributed by atoms with Crippen molar-refractivity contribution in [2.24, 2.45) is 18.4 Å². The van der Waals surface area contributed by atoms with Crippen LogP contribution in [0.4, 0.5) is 0 Å². The monoisotopic (exact) mass is 349 g/mol. The zero-order valence-corrected chi connectivity index (χ0v) is 15.8. The number of amides is 1. The summed E-state index contributed by atoms with van der Waals surface area (Å²) in [5, 5.41) is 17.4. The van der Waals surface area contributed by atoms with Gasteiger partial charge in [-0.25, -0.2) is 0 Å². The van der Waals surface area contributed by atoms with E-state index in [1.807, 2.05) is 0 Å². The van der Waals surface area contributed by atoms with Gasteiger partial charge in [0.05, 0.1) is 17.4 Å². The molecule has 0 aromatic carbocycles. The molecule has 2 N–H and O–H groups in total. The highest BCUT2D eigenvalue weighted by atomic mass is 16.3. The molecule has 0 radical (unpaired) electrons. The van der Waals surface area contributed by atoms with Gasteiger partial charge in [-0.2, -0.15) is 5.10 Å². The maximum absolute atomic E-state index is 12.0. The SMILES string of the molecule is Cn1cc(C(=O)CCC(=O)NCC2(O)CCC(C(C)(C)C)CC2)cn1. The number of carbonyl (C=O) groups excluding carboxylic acids is 2. The molecule has 0 bridgehead atoms. The Kier molecular flexibility index (Phi) is 6.03. The Hall–Kier alpha value is -1.69. The molecule has 1 saturated carbocycles. The second kappa shape index (κ2) is 7.68. The van der Waals surface area contributed by atoms with Crippen LogP contribution in [-0.2, 0) is 11.8 Å². The molecule has 1 amide bonds. The van der Waals surface area contributed by atoms with Crippen LogP contribution in [-0.4, -0.2) is 38.7 Å². The Morgan fingerprint density at radius 2 is 1.96 bits per heavy atom. The van der Waals surface area contributed by atoms with E-state index in [2.05, 4.69) is 31.2 Å². The zero-order valence-electron chi connectivity index (χ0n) is 15.8. The van der Waals surface area contributed by atoms with Gasteiger partial charge >= 0.3 is 0 Å². The van der Waals surface area contributed by atoms with Crippen LogP contribution >= 0.6 is 0 Å². The van der Waals surface area contributed by atoms with Gasteiger partial charge in [-0.3, -0.25) is 14.3 Å². The first kappa shape index (κ1) is 19.6. The summed E-state index contributed by atoms with van der Waals surface area (Å²) < 4.78 is 1.57. The standard InChI is InChI=1S/C19H31N3O3/c1-18(2,3)15-7-9-19(25,10-8-15)13-20-17(24)6-5-16(23)14-11-21-22(4)12-14/h11-12,15,25H,5-10,13H2,1-4H3,(H,20,24). The number of hydrogen-bond donors (Lipinski definition) is 2. The largest absolute Gasteiger partial charge is 0.388 e. The molecule has 1 fully saturated rings. The number of aromatic nitrogens is 2. The van der Waals surface area contributed by atoms with Crippen LogP contribution in [0, 0.1) is 11.3 Å². The molecule has 6 heteroatoms. The van der Waals surface area contributed by atoms with Crippen molar-refractivity contribution in [3.8, 4) is 0 Å². The van der Waals surface area contributed by atoms with Crippen LogP contribution in [0.5, 0.6) is 0 Å². The lowest BCUT2D eigenvalue weighted by atomic mass is 9.68. The fraction of sp³-hybridized carbons (Fsp3) is 0.737. The summed E-state index contributed by atoms with van der Waals surface area (Å²) in [6, 6.07) is 0. The van der Waals surface area contributed by atoms with Crippen molar-refractivity contribution < 1.29 is 14.7 Å². The van der Waals surface area contributed by atoms with E-state index in [0.29, 0.717) is 24.3 Å². The Morgan fingerprint density at radius 1 is 1.32 bits per heavy atom. The molecule has 1 aliphatic carbocycles. The van der Waals surface area contributed by atoms with Crippen molar-refractivity contribution in [2.75, 3.05) is 6.54 Å². The first-order valence-corrected chi connectivity index (χ1v) is 9.10. The molecule has 6 nitrogen and oxygen atoms in total. The summed E-state index contributed by atoms with van der Waals surface area (Å²) >= 11 is 0. The third kappa shape index (κ3) is 5.66. The van der Waals surface area contributed by atoms with Crippen LogP contribution in [0.25, 0.3) is 0 Å². The second-order valence-electron chi connectivity index (χ2n) is 8.47. The molecular weight excluding hydrogens is 318 g/mol. The van der Waals surface area contributed by atoms with E-state index in [-0.39, 0.29) is 36.5 Å². The molecular formula is C19H31N3O3. The third-order valence-electron chi connectivity index (χ3n) is 5.36. The van der Waals surface area contributed by atoms with E-state index < -0.39 is 5.60 Å². The Balaban J connectivity index is 1.72. The predicted octanol–water partition coefficient (Wildman–Crippen LogP) is 2.47. The zero-order chi connectivity index (χ0) is 18.7. The molecule has 0 spiro atoms. The Bertz CT molecular complexity index is 608. The van der Waals surface area contributed by atoms with Crippen LogP contribution in [0.15, 0.2) is 12.4 Å². The van der Waals surface area contributed by atoms with Crippen molar-refractivity contribution in [3.63, 3.8) is 0 Å². The van der Waals surface area contributed by atoms with Crippen molar-refractivity contribution >= 4 is 11.7 Å². The van der Waals surface area contributed by atoms with E-state index in [0.717, 1.165) is 12.8 Å². The lowest BCUT2D eigenvalue weighted by molar-refractivity contribution is -0.123. The number of aliphatic hydroxyl groups is 1. The summed E-state index contributed by atoms with van der Waals surface area (Å²) in [4.78, 5) is 24.0. The van der Waals surface area contributed by atoms with E-state index in [1.165, 1.54) is 6.20 Å². The van der Waals surface area contributed by atoms with E-state index in [1.54, 1.807) is 17.9 Å². The third-order valence-corrected chi connectivity index (χ3v) is 5.36. The molecule has 0 unspecified atom stereocenters. The number of carbonyl (C=O) groups is 2. The van der Waals surface area contributed by atoms with Crippen LogP contribution in [0.1, 0.15) is 69.7 Å².